The van der Waals surface area contributed by atoms with Gasteiger partial charge in [-0.05, 0) is 46.6 Å². The second-order valence-electron chi connectivity index (χ2n) is 9.01. The molecular formula is C23H36IN5O2S. The van der Waals surface area contributed by atoms with E-state index in [1.807, 2.05) is 40.7 Å². The summed E-state index contributed by atoms with van der Waals surface area (Å²) in [5.41, 5.74) is 1.27. The van der Waals surface area contributed by atoms with Gasteiger partial charge in [0.05, 0.1) is 22.8 Å². The molecule has 1 amide bonds. The molecule has 1 heterocycles. The van der Waals surface area contributed by atoms with E-state index in [1.165, 1.54) is 5.56 Å². The number of amides is 1. The van der Waals surface area contributed by atoms with E-state index in [0.29, 0.717) is 19.0 Å². The van der Waals surface area contributed by atoms with Crippen LogP contribution in [0.25, 0.3) is 0 Å². The lowest BCUT2D eigenvalue weighted by Gasteiger charge is -2.29. The third-order valence-electron chi connectivity index (χ3n) is 4.27. The van der Waals surface area contributed by atoms with E-state index in [-0.39, 0.29) is 24.0 Å². The summed E-state index contributed by atoms with van der Waals surface area (Å²) in [5, 5.41) is 12.6. The summed E-state index contributed by atoms with van der Waals surface area (Å²) in [6, 6.07) is 10.5. The standard InChI is InChI=1S/C23H35N5O2S.HI/c1-22(2,3)30-21(29)28-23(4,5)16-26-20(24-6)25-14-18-15-31-19(27-18)13-12-17-10-8-7-9-11-17;/h7-11,15H,12-14,16H2,1-6H3,(H,28,29)(H2,24,25,26);1H. The van der Waals surface area contributed by atoms with Crippen molar-refractivity contribution in [2.75, 3.05) is 13.6 Å². The second-order valence-corrected chi connectivity index (χ2v) is 9.95. The topological polar surface area (TPSA) is 87.6 Å². The number of aromatic nitrogens is 1. The molecule has 0 aliphatic heterocycles. The van der Waals surface area contributed by atoms with E-state index < -0.39 is 17.2 Å². The minimum absolute atomic E-state index is 0. The maximum Gasteiger partial charge on any atom is 0.408 e. The van der Waals surface area contributed by atoms with Gasteiger partial charge in [0.25, 0.3) is 0 Å². The number of halogens is 1. The molecule has 1 aromatic heterocycles. The van der Waals surface area contributed by atoms with Crippen LogP contribution in [0.3, 0.4) is 0 Å². The fraction of sp³-hybridized carbons (Fsp3) is 0.522. The quantitative estimate of drug-likeness (QED) is 0.246. The number of benzene rings is 1. The molecule has 0 atom stereocenters. The van der Waals surface area contributed by atoms with E-state index in [4.69, 9.17) is 9.72 Å². The maximum atomic E-state index is 12.0. The number of guanidine groups is 1. The Balaban J connectivity index is 0.00000512. The van der Waals surface area contributed by atoms with Crippen molar-refractivity contribution in [3.63, 3.8) is 0 Å². The van der Waals surface area contributed by atoms with E-state index in [2.05, 4.69) is 50.6 Å². The maximum absolute atomic E-state index is 12.0. The van der Waals surface area contributed by atoms with Crippen LogP contribution < -0.4 is 16.0 Å². The average molecular weight is 574 g/mol. The number of carbonyl (C=O) groups excluding carboxylic acids is 1. The lowest BCUT2D eigenvalue weighted by atomic mass is 10.1. The van der Waals surface area contributed by atoms with Crippen LogP contribution >= 0.6 is 35.3 Å². The molecule has 2 aromatic rings. The highest BCUT2D eigenvalue weighted by atomic mass is 127. The van der Waals surface area contributed by atoms with Crippen molar-refractivity contribution in [2.45, 2.75) is 65.1 Å². The highest BCUT2D eigenvalue weighted by Gasteiger charge is 2.24. The molecular weight excluding hydrogens is 537 g/mol. The first kappa shape index (κ1) is 28.2. The molecule has 0 aliphatic rings. The molecule has 0 bridgehead atoms. The number of aryl methyl sites for hydroxylation is 2. The molecule has 9 heteroatoms. The smallest absolute Gasteiger partial charge is 0.408 e. The van der Waals surface area contributed by atoms with Gasteiger partial charge in [-0.3, -0.25) is 4.99 Å². The monoisotopic (exact) mass is 573 g/mol. The predicted octanol–water partition coefficient (Wildman–Crippen LogP) is 4.51. The van der Waals surface area contributed by atoms with E-state index in [9.17, 15) is 4.79 Å². The number of hydrogen-bond donors (Lipinski definition) is 3. The van der Waals surface area contributed by atoms with Crippen molar-refractivity contribution >= 4 is 47.4 Å². The van der Waals surface area contributed by atoms with Crippen molar-refractivity contribution < 1.29 is 9.53 Å². The largest absolute Gasteiger partial charge is 0.444 e. The summed E-state index contributed by atoms with van der Waals surface area (Å²) < 4.78 is 5.33. The van der Waals surface area contributed by atoms with Crippen LogP contribution in [0.1, 0.15) is 50.9 Å². The lowest BCUT2D eigenvalue weighted by Crippen LogP contribution is -2.54. The lowest BCUT2D eigenvalue weighted by molar-refractivity contribution is 0.0474. The van der Waals surface area contributed by atoms with Crippen molar-refractivity contribution in [1.29, 1.82) is 0 Å². The molecule has 178 valence electrons. The molecule has 2 rings (SSSR count). The van der Waals surface area contributed by atoms with Gasteiger partial charge in [0.2, 0.25) is 0 Å². The van der Waals surface area contributed by atoms with Crippen molar-refractivity contribution in [2.24, 2.45) is 4.99 Å². The van der Waals surface area contributed by atoms with Gasteiger partial charge in [-0.1, -0.05) is 30.3 Å². The summed E-state index contributed by atoms with van der Waals surface area (Å²) >= 11 is 1.68. The first-order valence-corrected chi connectivity index (χ1v) is 11.4. The van der Waals surface area contributed by atoms with Gasteiger partial charge in [-0.25, -0.2) is 9.78 Å². The van der Waals surface area contributed by atoms with E-state index in [0.717, 1.165) is 23.5 Å². The SMILES string of the molecule is CN=C(NCc1csc(CCc2ccccc2)n1)NCC(C)(C)NC(=O)OC(C)(C)C.I. The van der Waals surface area contributed by atoms with Crippen LogP contribution in [0.4, 0.5) is 4.79 Å². The van der Waals surface area contributed by atoms with Crippen LogP contribution in [-0.2, 0) is 24.1 Å². The Bertz CT molecular complexity index is 863. The Morgan fingerprint density at radius 2 is 1.78 bits per heavy atom. The molecule has 0 radical (unpaired) electrons. The first-order valence-electron chi connectivity index (χ1n) is 10.5. The third-order valence-corrected chi connectivity index (χ3v) is 5.22. The summed E-state index contributed by atoms with van der Waals surface area (Å²) in [6.45, 7) is 10.5. The molecule has 0 aliphatic carbocycles. The normalized spacial score (nSPS) is 12.0. The van der Waals surface area contributed by atoms with Crippen LogP contribution in [0, 0.1) is 0 Å². The molecule has 0 saturated carbocycles. The van der Waals surface area contributed by atoms with E-state index in [1.54, 1.807) is 18.4 Å². The molecule has 1 aromatic carbocycles. The highest BCUT2D eigenvalue weighted by Crippen LogP contribution is 2.13. The summed E-state index contributed by atoms with van der Waals surface area (Å²) in [4.78, 5) is 21.0. The zero-order valence-corrected chi connectivity index (χ0v) is 23.0. The second kappa shape index (κ2) is 13.0. The Labute approximate surface area is 212 Å². The number of carbonyl (C=O) groups is 1. The minimum Gasteiger partial charge on any atom is -0.444 e. The summed E-state index contributed by atoms with van der Waals surface area (Å²) in [7, 11) is 1.72. The summed E-state index contributed by atoms with van der Waals surface area (Å²) in [6.07, 6.45) is 1.49. The summed E-state index contributed by atoms with van der Waals surface area (Å²) in [5.74, 6) is 0.651. The van der Waals surface area contributed by atoms with Gasteiger partial charge >= 0.3 is 6.09 Å². The van der Waals surface area contributed by atoms with Crippen LogP contribution in [0.5, 0.6) is 0 Å². The molecule has 32 heavy (non-hydrogen) atoms. The van der Waals surface area contributed by atoms with Gasteiger partial charge in [0.15, 0.2) is 5.96 Å². The van der Waals surface area contributed by atoms with Crippen LogP contribution in [0.15, 0.2) is 40.7 Å². The van der Waals surface area contributed by atoms with Crippen molar-refractivity contribution in [1.82, 2.24) is 20.9 Å². The fourth-order valence-corrected chi connectivity index (χ4v) is 3.56. The van der Waals surface area contributed by atoms with Crippen LogP contribution in [-0.4, -0.2) is 41.8 Å². The molecule has 0 saturated heterocycles. The number of thiazole rings is 1. The number of nitrogens with one attached hydrogen (secondary N) is 3. The van der Waals surface area contributed by atoms with Crippen molar-refractivity contribution in [3.05, 3.63) is 52.0 Å². The Kier molecular flexibility index (Phi) is 11.4. The highest BCUT2D eigenvalue weighted by molar-refractivity contribution is 14.0. The average Bonchev–Trinajstić information content (AvgIpc) is 3.13. The zero-order chi connectivity index (χ0) is 22.9. The third kappa shape index (κ3) is 11.1. The van der Waals surface area contributed by atoms with Gasteiger partial charge in [-0.2, -0.15) is 0 Å². The van der Waals surface area contributed by atoms with Gasteiger partial charge in [0.1, 0.15) is 5.60 Å². The minimum atomic E-state index is -0.529. The number of nitrogens with zero attached hydrogens (tertiary/aromatic N) is 2. The number of ether oxygens (including phenoxy) is 1. The number of alkyl carbamates (subject to hydrolysis) is 1. The van der Waals surface area contributed by atoms with E-state index >= 15 is 0 Å². The Hall–Kier alpha value is -1.88. The van der Waals surface area contributed by atoms with Gasteiger partial charge in [0, 0.05) is 25.4 Å². The Morgan fingerprint density at radius 1 is 1.09 bits per heavy atom. The van der Waals surface area contributed by atoms with Gasteiger partial charge in [-0.15, -0.1) is 35.3 Å². The number of aliphatic imine (C=N–C) groups is 1. The van der Waals surface area contributed by atoms with Crippen LogP contribution in [0.2, 0.25) is 0 Å². The van der Waals surface area contributed by atoms with Crippen molar-refractivity contribution in [3.8, 4) is 0 Å². The number of hydrogen-bond acceptors (Lipinski definition) is 5. The number of rotatable bonds is 8. The predicted molar refractivity (Wildman–Crippen MR) is 143 cm³/mol. The molecule has 7 nitrogen and oxygen atoms in total. The molecule has 0 spiro atoms. The Morgan fingerprint density at radius 3 is 2.41 bits per heavy atom. The fourth-order valence-electron chi connectivity index (χ4n) is 2.76. The zero-order valence-electron chi connectivity index (χ0n) is 19.8. The molecule has 0 fully saturated rings. The van der Waals surface area contributed by atoms with Gasteiger partial charge < -0.3 is 20.7 Å². The first-order chi connectivity index (χ1) is 14.6. The molecule has 3 N–H and O–H groups in total. The molecule has 0 unspecified atom stereocenters.